The quantitative estimate of drug-likeness (QED) is 0.778. The van der Waals surface area contributed by atoms with Crippen molar-refractivity contribution >= 4 is 17.6 Å². The van der Waals surface area contributed by atoms with Crippen LogP contribution in [0.1, 0.15) is 23.6 Å². The second kappa shape index (κ2) is 8.39. The van der Waals surface area contributed by atoms with Gasteiger partial charge in [-0.2, -0.15) is 5.10 Å². The number of carboxylic acids is 1. The van der Waals surface area contributed by atoms with Gasteiger partial charge in [0.15, 0.2) is 0 Å². The highest BCUT2D eigenvalue weighted by Crippen LogP contribution is 2.34. The number of hydrogen-bond donors (Lipinski definition) is 1. The van der Waals surface area contributed by atoms with E-state index in [9.17, 15) is 9.59 Å². The SMILES string of the molecule is COc1ccc(C2=NN(C(=O)/C=C/C(=O)O)C(c3ccc(OC)cc3)C2)cc1. The van der Waals surface area contributed by atoms with E-state index >= 15 is 0 Å². The van der Waals surface area contributed by atoms with E-state index in [1.165, 1.54) is 5.01 Å². The van der Waals surface area contributed by atoms with Gasteiger partial charge in [0, 0.05) is 18.6 Å². The Balaban J connectivity index is 1.92. The first-order valence-corrected chi connectivity index (χ1v) is 8.62. The van der Waals surface area contributed by atoms with Gasteiger partial charge in [0.05, 0.1) is 26.0 Å². The Morgan fingerprint density at radius 2 is 1.57 bits per heavy atom. The lowest BCUT2D eigenvalue weighted by atomic mass is 9.98. The summed E-state index contributed by atoms with van der Waals surface area (Å²) >= 11 is 0. The molecule has 0 saturated carbocycles. The van der Waals surface area contributed by atoms with Crippen molar-refractivity contribution in [2.24, 2.45) is 5.10 Å². The summed E-state index contributed by atoms with van der Waals surface area (Å²) in [4.78, 5) is 23.3. The highest BCUT2D eigenvalue weighted by Gasteiger charge is 2.32. The first kappa shape index (κ1) is 19.2. The summed E-state index contributed by atoms with van der Waals surface area (Å²) in [5, 5.41) is 14.6. The first-order valence-electron chi connectivity index (χ1n) is 8.62. The number of hydrogen-bond acceptors (Lipinski definition) is 5. The maximum atomic E-state index is 12.6. The lowest BCUT2D eigenvalue weighted by Gasteiger charge is -2.20. The van der Waals surface area contributed by atoms with Gasteiger partial charge in [0.25, 0.3) is 5.91 Å². The van der Waals surface area contributed by atoms with Crippen molar-refractivity contribution in [2.45, 2.75) is 12.5 Å². The van der Waals surface area contributed by atoms with E-state index in [1.807, 2.05) is 48.5 Å². The number of aliphatic carboxylic acids is 1. The van der Waals surface area contributed by atoms with Crippen LogP contribution in [0.15, 0.2) is 65.8 Å². The number of ether oxygens (including phenoxy) is 2. The zero-order valence-corrected chi connectivity index (χ0v) is 15.5. The zero-order chi connectivity index (χ0) is 20.1. The van der Waals surface area contributed by atoms with Crippen molar-refractivity contribution in [3.05, 3.63) is 71.8 Å². The number of methoxy groups -OCH3 is 2. The molecule has 0 bridgehead atoms. The molecule has 144 valence electrons. The third-order valence-corrected chi connectivity index (χ3v) is 4.43. The average molecular weight is 380 g/mol. The highest BCUT2D eigenvalue weighted by atomic mass is 16.5. The van der Waals surface area contributed by atoms with Crippen LogP contribution in [0, 0.1) is 0 Å². The topological polar surface area (TPSA) is 88.4 Å². The predicted molar refractivity (Wildman–Crippen MR) is 104 cm³/mol. The molecule has 0 aliphatic carbocycles. The number of carboxylic acid groups (broad SMARTS) is 1. The summed E-state index contributed by atoms with van der Waals surface area (Å²) in [6, 6.07) is 14.5. The predicted octanol–water partition coefficient (Wildman–Crippen LogP) is 3.02. The van der Waals surface area contributed by atoms with Gasteiger partial charge in [-0.15, -0.1) is 0 Å². The number of benzene rings is 2. The second-order valence-corrected chi connectivity index (χ2v) is 6.12. The molecule has 0 aromatic heterocycles. The molecule has 0 saturated heterocycles. The molecule has 0 radical (unpaired) electrons. The number of rotatable bonds is 6. The number of nitrogens with zero attached hydrogens (tertiary/aromatic N) is 2. The fourth-order valence-electron chi connectivity index (χ4n) is 2.98. The van der Waals surface area contributed by atoms with Crippen LogP contribution in [-0.4, -0.2) is 41.9 Å². The first-order chi connectivity index (χ1) is 13.5. The molecule has 0 fully saturated rings. The Hall–Kier alpha value is -3.61. The van der Waals surface area contributed by atoms with Crippen LogP contribution < -0.4 is 9.47 Å². The Morgan fingerprint density at radius 1 is 1.00 bits per heavy atom. The maximum Gasteiger partial charge on any atom is 0.328 e. The molecule has 1 aliphatic heterocycles. The number of amides is 1. The molecule has 1 N–H and O–H groups in total. The van der Waals surface area contributed by atoms with Gasteiger partial charge < -0.3 is 14.6 Å². The second-order valence-electron chi connectivity index (χ2n) is 6.12. The van der Waals surface area contributed by atoms with Crippen LogP contribution in [-0.2, 0) is 9.59 Å². The van der Waals surface area contributed by atoms with Crippen molar-refractivity contribution in [1.29, 1.82) is 0 Å². The highest BCUT2D eigenvalue weighted by molar-refractivity contribution is 6.04. The van der Waals surface area contributed by atoms with Gasteiger partial charge in [0.1, 0.15) is 11.5 Å². The molecule has 2 aromatic rings. The minimum absolute atomic E-state index is 0.339. The van der Waals surface area contributed by atoms with Crippen LogP contribution in [0.5, 0.6) is 11.5 Å². The van der Waals surface area contributed by atoms with Crippen LogP contribution in [0.4, 0.5) is 0 Å². The smallest absolute Gasteiger partial charge is 0.328 e. The van der Waals surface area contributed by atoms with Gasteiger partial charge in [-0.25, -0.2) is 9.80 Å². The van der Waals surface area contributed by atoms with Crippen molar-refractivity contribution < 1.29 is 24.2 Å². The summed E-state index contributed by atoms with van der Waals surface area (Å²) in [7, 11) is 3.18. The minimum atomic E-state index is -1.19. The number of hydrazone groups is 1. The van der Waals surface area contributed by atoms with Gasteiger partial charge in [-0.1, -0.05) is 12.1 Å². The molecule has 7 heteroatoms. The van der Waals surface area contributed by atoms with Crippen molar-refractivity contribution in [1.82, 2.24) is 5.01 Å². The van der Waals surface area contributed by atoms with Crippen LogP contribution in [0.25, 0.3) is 0 Å². The molecule has 28 heavy (non-hydrogen) atoms. The lowest BCUT2D eigenvalue weighted by molar-refractivity contribution is -0.132. The largest absolute Gasteiger partial charge is 0.497 e. The summed E-state index contributed by atoms with van der Waals surface area (Å²) in [5.74, 6) is -0.243. The Kier molecular flexibility index (Phi) is 5.74. The Labute approximate surface area is 162 Å². The summed E-state index contributed by atoms with van der Waals surface area (Å²) in [6.45, 7) is 0. The summed E-state index contributed by atoms with van der Waals surface area (Å²) in [6.07, 6.45) is 2.33. The van der Waals surface area contributed by atoms with Gasteiger partial charge in [-0.05, 0) is 47.5 Å². The molecule has 1 heterocycles. The number of carbonyl (C=O) groups is 2. The molecule has 3 rings (SSSR count). The van der Waals surface area contributed by atoms with Gasteiger partial charge >= 0.3 is 5.97 Å². The third kappa shape index (κ3) is 4.20. The van der Waals surface area contributed by atoms with E-state index in [1.54, 1.807) is 14.2 Å². The zero-order valence-electron chi connectivity index (χ0n) is 15.5. The molecular formula is C21H20N2O5. The lowest BCUT2D eigenvalue weighted by Crippen LogP contribution is -2.25. The average Bonchev–Trinajstić information content (AvgIpc) is 3.17. The molecule has 0 spiro atoms. The molecule has 1 atom stereocenters. The maximum absolute atomic E-state index is 12.6. The monoisotopic (exact) mass is 380 g/mol. The summed E-state index contributed by atoms with van der Waals surface area (Å²) < 4.78 is 10.4. The van der Waals surface area contributed by atoms with E-state index < -0.39 is 11.9 Å². The minimum Gasteiger partial charge on any atom is -0.497 e. The molecule has 1 unspecified atom stereocenters. The molecule has 2 aromatic carbocycles. The van der Waals surface area contributed by atoms with E-state index in [2.05, 4.69) is 5.10 Å². The van der Waals surface area contributed by atoms with Crippen molar-refractivity contribution in [3.8, 4) is 11.5 Å². The Morgan fingerprint density at radius 3 is 2.11 bits per heavy atom. The fourth-order valence-corrected chi connectivity index (χ4v) is 2.98. The van der Waals surface area contributed by atoms with E-state index in [-0.39, 0.29) is 6.04 Å². The molecule has 1 amide bonds. The normalized spacial score (nSPS) is 16.1. The third-order valence-electron chi connectivity index (χ3n) is 4.43. The van der Waals surface area contributed by atoms with Crippen LogP contribution in [0.3, 0.4) is 0 Å². The number of carbonyl (C=O) groups excluding carboxylic acids is 1. The van der Waals surface area contributed by atoms with E-state index in [4.69, 9.17) is 14.6 Å². The molecule has 7 nitrogen and oxygen atoms in total. The van der Waals surface area contributed by atoms with Gasteiger partial charge in [-0.3, -0.25) is 4.79 Å². The van der Waals surface area contributed by atoms with Gasteiger partial charge in [0.2, 0.25) is 0 Å². The molecular weight excluding hydrogens is 360 g/mol. The van der Waals surface area contributed by atoms with E-state index in [0.717, 1.165) is 34.7 Å². The fraction of sp³-hybridized carbons (Fsp3) is 0.190. The van der Waals surface area contributed by atoms with E-state index in [0.29, 0.717) is 12.2 Å². The summed E-state index contributed by atoms with van der Waals surface area (Å²) in [5.41, 5.74) is 2.49. The van der Waals surface area contributed by atoms with Crippen LogP contribution in [0.2, 0.25) is 0 Å². The standard InChI is InChI=1S/C21H20N2O5/c1-27-16-7-3-14(4-8-16)18-13-19(15-5-9-17(28-2)10-6-15)23(22-18)20(24)11-12-21(25)26/h3-12,19H,13H2,1-2H3,(H,25,26)/b12-11+. The molecule has 1 aliphatic rings. The van der Waals surface area contributed by atoms with Crippen LogP contribution >= 0.6 is 0 Å². The Bertz CT molecular complexity index is 917. The van der Waals surface area contributed by atoms with Crippen molar-refractivity contribution in [3.63, 3.8) is 0 Å². The van der Waals surface area contributed by atoms with Crippen molar-refractivity contribution in [2.75, 3.05) is 14.2 Å².